The van der Waals surface area contributed by atoms with Gasteiger partial charge in [-0.2, -0.15) is 0 Å². The third-order valence-electron chi connectivity index (χ3n) is 4.41. The van der Waals surface area contributed by atoms with Crippen LogP contribution in [0.2, 0.25) is 0 Å². The molecule has 1 unspecified atom stereocenters. The largest absolute Gasteiger partial charge is 0.327 e. The maximum atomic E-state index is 12.2. The summed E-state index contributed by atoms with van der Waals surface area (Å²) in [6, 6.07) is 6.29. The molecule has 1 amide bonds. The minimum atomic E-state index is 0. The minimum absolute atomic E-state index is 0. The van der Waals surface area contributed by atoms with E-state index in [9.17, 15) is 4.79 Å². The molecule has 1 fully saturated rings. The zero-order valence-corrected chi connectivity index (χ0v) is 14.8. The van der Waals surface area contributed by atoms with Crippen molar-refractivity contribution in [3.8, 4) is 0 Å². The molecule has 1 aromatic carbocycles. The molecular formula is C17H28ClN3O. The Morgan fingerprint density at radius 1 is 1.41 bits per heavy atom. The highest BCUT2D eigenvalue weighted by Gasteiger charge is 2.33. The highest BCUT2D eigenvalue weighted by molar-refractivity contribution is 5.93. The monoisotopic (exact) mass is 325 g/mol. The zero-order chi connectivity index (χ0) is 15.6. The van der Waals surface area contributed by atoms with Gasteiger partial charge in [0.15, 0.2) is 0 Å². The third-order valence-corrected chi connectivity index (χ3v) is 4.41. The van der Waals surface area contributed by atoms with Crippen molar-refractivity contribution >= 4 is 24.0 Å². The van der Waals surface area contributed by atoms with Crippen LogP contribution in [0.1, 0.15) is 31.4 Å². The summed E-state index contributed by atoms with van der Waals surface area (Å²) in [7, 11) is 0. The second-order valence-corrected chi connectivity index (χ2v) is 6.96. The number of hydrogen-bond donors (Lipinski definition) is 2. The lowest BCUT2D eigenvalue weighted by Crippen LogP contribution is -2.53. The van der Waals surface area contributed by atoms with Crippen LogP contribution >= 0.6 is 12.4 Å². The van der Waals surface area contributed by atoms with E-state index in [4.69, 9.17) is 5.73 Å². The number of halogens is 1. The fraction of sp³-hybridized carbons (Fsp3) is 0.588. The minimum Gasteiger partial charge on any atom is -0.327 e. The molecule has 0 aromatic heterocycles. The predicted molar refractivity (Wildman–Crippen MR) is 94.6 cm³/mol. The molecule has 1 saturated heterocycles. The third kappa shape index (κ3) is 4.70. The van der Waals surface area contributed by atoms with Crippen molar-refractivity contribution in [3.63, 3.8) is 0 Å². The lowest BCUT2D eigenvalue weighted by Gasteiger charge is -2.42. The van der Waals surface area contributed by atoms with Crippen LogP contribution in [-0.2, 0) is 4.79 Å². The van der Waals surface area contributed by atoms with Gasteiger partial charge in [0.25, 0.3) is 0 Å². The molecule has 1 heterocycles. The van der Waals surface area contributed by atoms with Crippen LogP contribution in [-0.4, -0.2) is 36.5 Å². The molecule has 5 heteroatoms. The van der Waals surface area contributed by atoms with E-state index in [-0.39, 0.29) is 29.8 Å². The van der Waals surface area contributed by atoms with E-state index >= 15 is 0 Å². The van der Waals surface area contributed by atoms with Gasteiger partial charge >= 0.3 is 0 Å². The van der Waals surface area contributed by atoms with Crippen LogP contribution in [0.15, 0.2) is 18.2 Å². The maximum Gasteiger partial charge on any atom is 0.238 e. The summed E-state index contributed by atoms with van der Waals surface area (Å²) in [5.41, 5.74) is 9.41. The van der Waals surface area contributed by atoms with Gasteiger partial charge in [0.2, 0.25) is 5.91 Å². The highest BCUT2D eigenvalue weighted by Crippen LogP contribution is 2.27. The van der Waals surface area contributed by atoms with Crippen molar-refractivity contribution in [1.82, 2.24) is 4.90 Å². The Kier molecular flexibility index (Phi) is 6.41. The summed E-state index contributed by atoms with van der Waals surface area (Å²) in [5.74, 6) is 0.0493. The molecule has 0 spiro atoms. The Labute approximate surface area is 139 Å². The molecule has 22 heavy (non-hydrogen) atoms. The lowest BCUT2D eigenvalue weighted by atomic mass is 9.80. The van der Waals surface area contributed by atoms with Crippen LogP contribution in [0, 0.1) is 19.3 Å². The lowest BCUT2D eigenvalue weighted by molar-refractivity contribution is -0.118. The smallest absolute Gasteiger partial charge is 0.238 e. The Morgan fingerprint density at radius 3 is 2.68 bits per heavy atom. The number of nitrogens with two attached hydrogens (primary N) is 1. The average Bonchev–Trinajstić information content (AvgIpc) is 2.37. The number of benzene rings is 1. The first kappa shape index (κ1) is 18.9. The number of piperidine rings is 1. The van der Waals surface area contributed by atoms with E-state index in [0.29, 0.717) is 6.54 Å². The van der Waals surface area contributed by atoms with Gasteiger partial charge < -0.3 is 11.1 Å². The maximum absolute atomic E-state index is 12.2. The van der Waals surface area contributed by atoms with Gasteiger partial charge in [-0.15, -0.1) is 12.4 Å². The van der Waals surface area contributed by atoms with Crippen LogP contribution in [0.5, 0.6) is 0 Å². The number of nitrogens with zero attached hydrogens (tertiary/aromatic N) is 1. The number of rotatable bonds is 3. The predicted octanol–water partition coefficient (Wildman–Crippen LogP) is 2.72. The molecule has 3 N–H and O–H groups in total. The second kappa shape index (κ2) is 7.44. The van der Waals surface area contributed by atoms with Gasteiger partial charge in [-0.05, 0) is 37.3 Å². The fourth-order valence-corrected chi connectivity index (χ4v) is 2.97. The molecule has 1 atom stereocenters. The summed E-state index contributed by atoms with van der Waals surface area (Å²) in [6.07, 6.45) is 0.948. The molecule has 2 rings (SSSR count). The Morgan fingerprint density at radius 2 is 2.09 bits per heavy atom. The topological polar surface area (TPSA) is 58.4 Å². The number of aryl methyl sites for hydroxylation is 2. The van der Waals surface area contributed by atoms with Crippen molar-refractivity contribution in [1.29, 1.82) is 0 Å². The number of nitrogens with one attached hydrogen (secondary N) is 1. The van der Waals surface area contributed by atoms with Crippen molar-refractivity contribution in [2.45, 2.75) is 40.2 Å². The van der Waals surface area contributed by atoms with Gasteiger partial charge in [-0.3, -0.25) is 9.69 Å². The van der Waals surface area contributed by atoms with E-state index in [1.807, 2.05) is 19.1 Å². The summed E-state index contributed by atoms with van der Waals surface area (Å²) >= 11 is 0. The zero-order valence-electron chi connectivity index (χ0n) is 14.0. The first-order valence-corrected chi connectivity index (χ1v) is 7.63. The highest BCUT2D eigenvalue weighted by atomic mass is 35.5. The first-order valence-electron chi connectivity index (χ1n) is 7.63. The van der Waals surface area contributed by atoms with Crippen molar-refractivity contribution in [3.05, 3.63) is 29.3 Å². The molecule has 1 aliphatic heterocycles. The normalized spacial score (nSPS) is 21.0. The van der Waals surface area contributed by atoms with Gasteiger partial charge in [0.05, 0.1) is 6.54 Å². The van der Waals surface area contributed by atoms with E-state index in [1.54, 1.807) is 0 Å². The molecule has 124 valence electrons. The van der Waals surface area contributed by atoms with Crippen molar-refractivity contribution in [2.75, 3.05) is 25.0 Å². The molecular weight excluding hydrogens is 298 g/mol. The van der Waals surface area contributed by atoms with Crippen LogP contribution in [0.25, 0.3) is 0 Å². The SMILES string of the molecule is Cc1ccc(NC(=O)CN2CCC(N)C(C)(C)C2)c(C)c1.Cl. The number of hydrogen-bond acceptors (Lipinski definition) is 3. The molecule has 0 saturated carbocycles. The van der Waals surface area contributed by atoms with Gasteiger partial charge in [0, 0.05) is 24.8 Å². The fourth-order valence-electron chi connectivity index (χ4n) is 2.97. The molecule has 0 bridgehead atoms. The summed E-state index contributed by atoms with van der Waals surface area (Å²) in [5, 5.41) is 3.01. The Balaban J connectivity index is 0.00000242. The quantitative estimate of drug-likeness (QED) is 0.898. The molecule has 1 aromatic rings. The van der Waals surface area contributed by atoms with Crippen LogP contribution < -0.4 is 11.1 Å². The van der Waals surface area contributed by atoms with Gasteiger partial charge in [0.1, 0.15) is 0 Å². The number of carbonyl (C=O) groups is 1. The average molecular weight is 326 g/mol. The van der Waals surface area contributed by atoms with Gasteiger partial charge in [-0.1, -0.05) is 31.5 Å². The first-order chi connectivity index (χ1) is 9.78. The summed E-state index contributed by atoms with van der Waals surface area (Å²) in [6.45, 7) is 10.6. The number of anilines is 1. The van der Waals surface area contributed by atoms with Crippen LogP contribution in [0.3, 0.4) is 0 Å². The summed E-state index contributed by atoms with van der Waals surface area (Å²) in [4.78, 5) is 14.4. The Hall–Kier alpha value is -1.10. The molecule has 1 aliphatic rings. The van der Waals surface area contributed by atoms with Gasteiger partial charge in [-0.25, -0.2) is 0 Å². The standard InChI is InChI=1S/C17H27N3O.ClH/c1-12-5-6-14(13(2)9-12)19-16(21)10-20-8-7-15(18)17(3,4)11-20;/h5-6,9,15H,7-8,10-11,18H2,1-4H3,(H,19,21);1H. The van der Waals surface area contributed by atoms with E-state index < -0.39 is 0 Å². The van der Waals surface area contributed by atoms with Crippen LogP contribution in [0.4, 0.5) is 5.69 Å². The second-order valence-electron chi connectivity index (χ2n) is 6.96. The Bertz CT molecular complexity index is 531. The molecule has 4 nitrogen and oxygen atoms in total. The number of carbonyl (C=O) groups excluding carboxylic acids is 1. The summed E-state index contributed by atoms with van der Waals surface area (Å²) < 4.78 is 0. The van der Waals surface area contributed by atoms with Crippen molar-refractivity contribution in [2.24, 2.45) is 11.1 Å². The van der Waals surface area contributed by atoms with E-state index in [0.717, 1.165) is 30.8 Å². The van der Waals surface area contributed by atoms with Crippen molar-refractivity contribution < 1.29 is 4.79 Å². The number of likely N-dealkylation sites (tertiary alicyclic amines) is 1. The number of amides is 1. The molecule has 0 aliphatic carbocycles. The van der Waals surface area contributed by atoms with E-state index in [2.05, 4.69) is 37.1 Å². The van der Waals surface area contributed by atoms with E-state index in [1.165, 1.54) is 5.56 Å². The molecule has 0 radical (unpaired) electrons.